The van der Waals surface area contributed by atoms with E-state index in [2.05, 4.69) is 15.3 Å². The van der Waals surface area contributed by atoms with E-state index in [4.69, 9.17) is 0 Å². The quantitative estimate of drug-likeness (QED) is 0.537. The first-order chi connectivity index (χ1) is 13.0. The second kappa shape index (κ2) is 6.65. The molecule has 10 heteroatoms. The van der Waals surface area contributed by atoms with E-state index in [0.717, 1.165) is 4.68 Å². The number of H-pyrrole nitrogens is 1. The number of nitro benzene ring substituents is 1. The number of aromatic amines is 1. The van der Waals surface area contributed by atoms with Gasteiger partial charge in [0.15, 0.2) is 0 Å². The number of benzene rings is 2. The third-order valence-corrected chi connectivity index (χ3v) is 4.96. The Labute approximate surface area is 155 Å². The second-order valence-electron chi connectivity index (χ2n) is 5.65. The zero-order chi connectivity index (χ0) is 19.0. The highest BCUT2D eigenvalue weighted by Crippen LogP contribution is 2.18. The highest BCUT2D eigenvalue weighted by Gasteiger charge is 2.18. The van der Waals surface area contributed by atoms with Crippen LogP contribution in [0.3, 0.4) is 0 Å². The van der Waals surface area contributed by atoms with Gasteiger partial charge in [-0.05, 0) is 29.8 Å². The molecule has 0 spiro atoms. The Bertz CT molecular complexity index is 1240. The SMILES string of the molecule is O=c1[nH]n(C2=NN=C(c3ccc([N+](=O)[O-])cc3)CS2)c(=O)c2ccccc12. The molecule has 2 heterocycles. The van der Waals surface area contributed by atoms with Crippen LogP contribution in [-0.2, 0) is 0 Å². The number of aromatic nitrogens is 2. The monoisotopic (exact) mass is 381 g/mol. The van der Waals surface area contributed by atoms with Gasteiger partial charge in [0.05, 0.1) is 21.4 Å². The molecule has 134 valence electrons. The van der Waals surface area contributed by atoms with Crippen molar-refractivity contribution in [2.45, 2.75) is 0 Å². The Morgan fingerprint density at radius 1 is 1.04 bits per heavy atom. The molecule has 9 nitrogen and oxygen atoms in total. The minimum absolute atomic E-state index is 0.00714. The number of nitrogens with one attached hydrogen (secondary N) is 1. The molecule has 0 bridgehead atoms. The van der Waals surface area contributed by atoms with Crippen molar-refractivity contribution < 1.29 is 4.92 Å². The second-order valence-corrected chi connectivity index (χ2v) is 6.59. The summed E-state index contributed by atoms with van der Waals surface area (Å²) in [6, 6.07) is 12.5. The lowest BCUT2D eigenvalue weighted by Gasteiger charge is -2.13. The maximum atomic E-state index is 12.6. The summed E-state index contributed by atoms with van der Waals surface area (Å²) in [5, 5.41) is 22.3. The first kappa shape index (κ1) is 16.9. The van der Waals surface area contributed by atoms with Crippen LogP contribution < -0.4 is 11.1 Å². The van der Waals surface area contributed by atoms with Crippen LogP contribution in [0.25, 0.3) is 10.8 Å². The van der Waals surface area contributed by atoms with E-state index in [-0.39, 0.29) is 16.4 Å². The molecule has 0 saturated carbocycles. The lowest BCUT2D eigenvalue weighted by Crippen LogP contribution is -2.34. The molecule has 1 N–H and O–H groups in total. The van der Waals surface area contributed by atoms with E-state index in [0.29, 0.717) is 27.8 Å². The van der Waals surface area contributed by atoms with Crippen LogP contribution in [0.2, 0.25) is 0 Å². The molecule has 3 aromatic rings. The highest BCUT2D eigenvalue weighted by molar-refractivity contribution is 8.14. The summed E-state index contributed by atoms with van der Waals surface area (Å²) < 4.78 is 1.09. The van der Waals surface area contributed by atoms with Gasteiger partial charge in [-0.15, -0.1) is 5.10 Å². The van der Waals surface area contributed by atoms with Crippen molar-refractivity contribution in [1.29, 1.82) is 0 Å². The summed E-state index contributed by atoms with van der Waals surface area (Å²) in [6.07, 6.45) is 0. The fourth-order valence-corrected chi connectivity index (χ4v) is 3.50. The van der Waals surface area contributed by atoms with Crippen molar-refractivity contribution in [2.24, 2.45) is 10.2 Å². The predicted octanol–water partition coefficient (Wildman–Crippen LogP) is 1.95. The van der Waals surface area contributed by atoms with Gasteiger partial charge in [-0.25, -0.2) is 0 Å². The molecular weight excluding hydrogens is 370 g/mol. The summed E-state index contributed by atoms with van der Waals surface area (Å²) in [5.74, 6) is 0.401. The van der Waals surface area contributed by atoms with Crippen LogP contribution in [0, 0.1) is 10.1 Å². The minimum Gasteiger partial charge on any atom is -0.267 e. The molecule has 1 aliphatic rings. The molecule has 0 saturated heterocycles. The zero-order valence-electron chi connectivity index (χ0n) is 13.7. The van der Waals surface area contributed by atoms with Crippen LogP contribution in [0.1, 0.15) is 5.56 Å². The molecule has 0 radical (unpaired) electrons. The number of nitrogens with zero attached hydrogens (tertiary/aromatic N) is 4. The van der Waals surface area contributed by atoms with E-state index in [1.165, 1.54) is 23.9 Å². The predicted molar refractivity (Wildman–Crippen MR) is 104 cm³/mol. The van der Waals surface area contributed by atoms with Crippen molar-refractivity contribution in [3.8, 4) is 0 Å². The molecule has 0 aliphatic carbocycles. The number of rotatable bonds is 2. The van der Waals surface area contributed by atoms with Gasteiger partial charge >= 0.3 is 0 Å². The van der Waals surface area contributed by atoms with Gasteiger partial charge in [-0.2, -0.15) is 9.78 Å². The Balaban J connectivity index is 1.72. The van der Waals surface area contributed by atoms with Crippen LogP contribution in [0.15, 0.2) is 68.3 Å². The number of fused-ring (bicyclic) bond motifs is 1. The standard InChI is InChI=1S/C17H11N5O4S/c23-15-12-3-1-2-4-13(12)16(24)21(20-15)17-19-18-14(9-27-17)10-5-7-11(8-6-10)22(25)26/h1-8H,9H2,(H,20,23). The molecule has 0 atom stereocenters. The van der Waals surface area contributed by atoms with Crippen molar-refractivity contribution in [3.63, 3.8) is 0 Å². The van der Waals surface area contributed by atoms with Gasteiger partial charge in [0.2, 0.25) is 5.17 Å². The van der Waals surface area contributed by atoms with Gasteiger partial charge in [0, 0.05) is 17.9 Å². The topological polar surface area (TPSA) is 123 Å². The van der Waals surface area contributed by atoms with Gasteiger partial charge in [0.1, 0.15) is 0 Å². The number of hydrogen-bond donors (Lipinski definition) is 1. The normalized spacial score (nSPS) is 13.9. The maximum Gasteiger partial charge on any atom is 0.279 e. The zero-order valence-corrected chi connectivity index (χ0v) is 14.5. The average molecular weight is 381 g/mol. The molecule has 27 heavy (non-hydrogen) atoms. The Hall–Kier alpha value is -3.53. The van der Waals surface area contributed by atoms with Crippen LogP contribution >= 0.6 is 11.8 Å². The summed E-state index contributed by atoms with van der Waals surface area (Å²) in [7, 11) is 0. The largest absolute Gasteiger partial charge is 0.279 e. The lowest BCUT2D eigenvalue weighted by molar-refractivity contribution is -0.384. The van der Waals surface area contributed by atoms with Crippen LogP contribution in [-0.4, -0.2) is 31.3 Å². The number of thioether (sulfide) groups is 1. The minimum atomic E-state index is -0.472. The van der Waals surface area contributed by atoms with E-state index in [9.17, 15) is 19.7 Å². The maximum absolute atomic E-state index is 12.6. The van der Waals surface area contributed by atoms with Gasteiger partial charge in [-0.1, -0.05) is 23.9 Å². The van der Waals surface area contributed by atoms with Crippen LogP contribution in [0.4, 0.5) is 5.69 Å². The first-order valence-corrected chi connectivity index (χ1v) is 8.80. The molecule has 1 aliphatic heterocycles. The average Bonchev–Trinajstić information content (AvgIpc) is 2.71. The third-order valence-electron chi connectivity index (χ3n) is 4.02. The lowest BCUT2D eigenvalue weighted by atomic mass is 10.1. The van der Waals surface area contributed by atoms with Crippen molar-refractivity contribution in [2.75, 3.05) is 5.75 Å². The Morgan fingerprint density at radius 2 is 1.74 bits per heavy atom. The fraction of sp³-hybridized carbons (Fsp3) is 0.0588. The molecule has 2 aromatic carbocycles. The molecule has 0 fully saturated rings. The molecular formula is C17H11N5O4S. The van der Waals surface area contributed by atoms with E-state index >= 15 is 0 Å². The molecule has 1 aromatic heterocycles. The van der Waals surface area contributed by atoms with Gasteiger partial charge in [-0.3, -0.25) is 24.8 Å². The smallest absolute Gasteiger partial charge is 0.267 e. The first-order valence-electron chi connectivity index (χ1n) is 7.81. The van der Waals surface area contributed by atoms with E-state index < -0.39 is 10.5 Å². The summed E-state index contributed by atoms with van der Waals surface area (Å²) in [5.41, 5.74) is 0.543. The summed E-state index contributed by atoms with van der Waals surface area (Å²) in [4.78, 5) is 35.1. The summed E-state index contributed by atoms with van der Waals surface area (Å²) >= 11 is 1.24. The fourth-order valence-electron chi connectivity index (χ4n) is 2.65. The number of non-ortho nitro benzene ring substituents is 1. The van der Waals surface area contributed by atoms with Crippen molar-refractivity contribution >= 4 is 39.1 Å². The highest BCUT2D eigenvalue weighted by atomic mass is 32.2. The molecule has 0 unspecified atom stereocenters. The Morgan fingerprint density at radius 3 is 2.37 bits per heavy atom. The Kier molecular flexibility index (Phi) is 4.16. The van der Waals surface area contributed by atoms with Crippen molar-refractivity contribution in [3.05, 3.63) is 84.9 Å². The molecule has 4 rings (SSSR count). The van der Waals surface area contributed by atoms with E-state index in [1.807, 2.05) is 0 Å². The van der Waals surface area contributed by atoms with Gasteiger partial charge < -0.3 is 0 Å². The number of nitro groups is 1. The third kappa shape index (κ3) is 3.06. The molecule has 0 amide bonds. The number of hydrogen-bond acceptors (Lipinski definition) is 7. The van der Waals surface area contributed by atoms with Crippen LogP contribution in [0.5, 0.6) is 0 Å². The van der Waals surface area contributed by atoms with Gasteiger partial charge in [0.25, 0.3) is 16.8 Å². The summed E-state index contributed by atoms with van der Waals surface area (Å²) in [6.45, 7) is 0. The van der Waals surface area contributed by atoms with Crippen molar-refractivity contribution in [1.82, 2.24) is 9.78 Å². The van der Waals surface area contributed by atoms with E-state index in [1.54, 1.807) is 36.4 Å².